The summed E-state index contributed by atoms with van der Waals surface area (Å²) in [5.41, 5.74) is -6.71. The van der Waals surface area contributed by atoms with Crippen LogP contribution < -0.4 is 0 Å². The van der Waals surface area contributed by atoms with Gasteiger partial charge in [-0.05, 0) is 315 Å². The van der Waals surface area contributed by atoms with Crippen LogP contribution in [0.5, 0.6) is 0 Å². The van der Waals surface area contributed by atoms with E-state index in [4.69, 9.17) is 128 Å². The Morgan fingerprint density at radius 1 is 0.267 bits per heavy atom. The molecule has 0 N–H and O–H groups in total. The normalized spacial score (nSPS) is 26.5. The summed E-state index contributed by atoms with van der Waals surface area (Å²) in [6.45, 7) is -25.8. The van der Waals surface area contributed by atoms with Crippen LogP contribution in [0.1, 0.15) is 233 Å². The largest absolute Gasteiger partial charge is 0.366 e. The zero-order chi connectivity index (χ0) is 114. The number of ether oxygens (including phenoxy) is 5. The van der Waals surface area contributed by atoms with Crippen molar-refractivity contribution in [2.24, 2.45) is 0 Å². The van der Waals surface area contributed by atoms with Gasteiger partial charge in [0.15, 0.2) is 0 Å². The van der Waals surface area contributed by atoms with E-state index >= 15 is 0 Å². The van der Waals surface area contributed by atoms with E-state index in [0.717, 1.165) is 43.5 Å². The van der Waals surface area contributed by atoms with Gasteiger partial charge in [-0.1, -0.05) is 270 Å². The molecule has 10 atom stereocenters. The van der Waals surface area contributed by atoms with Crippen molar-refractivity contribution in [3.05, 3.63) is 354 Å². The summed E-state index contributed by atoms with van der Waals surface area (Å²) >= 11 is 30.1. The predicted octanol–water partition coefficient (Wildman–Crippen LogP) is 25.5. The van der Waals surface area contributed by atoms with Crippen molar-refractivity contribution in [3.8, 4) is 0 Å². The summed E-state index contributed by atoms with van der Waals surface area (Å²) in [6.07, 6.45) is 2.34. The zero-order valence-corrected chi connectivity index (χ0v) is 71.5. The first-order chi connectivity index (χ1) is 71.5. The van der Waals surface area contributed by atoms with Gasteiger partial charge in [-0.2, -0.15) is 0 Å². The minimum atomic E-state index is -2.92. The van der Waals surface area contributed by atoms with Crippen molar-refractivity contribution in [3.63, 3.8) is 0 Å². The molecule has 15 heteroatoms. The van der Waals surface area contributed by atoms with E-state index < -0.39 is 140 Å². The van der Waals surface area contributed by atoms with Crippen LogP contribution in [0.2, 0.25) is 25.1 Å². The van der Waals surface area contributed by atoms with Crippen molar-refractivity contribution < 1.29 is 70.3 Å². The summed E-state index contributed by atoms with van der Waals surface area (Å²) in [6, 6.07) is 71.2. The van der Waals surface area contributed by atoms with Gasteiger partial charge < -0.3 is 48.2 Å². The molecule has 10 aromatic rings. The van der Waals surface area contributed by atoms with E-state index in [1.807, 2.05) is 13.1 Å². The number of benzene rings is 10. The quantitative estimate of drug-likeness (QED) is 0.0435. The Morgan fingerprint density at radius 2 is 0.492 bits per heavy atom. The fourth-order valence-corrected chi connectivity index (χ4v) is 15.7. The van der Waals surface area contributed by atoms with Crippen LogP contribution >= 0.6 is 58.0 Å². The molecule has 120 heavy (non-hydrogen) atoms. The third-order valence-corrected chi connectivity index (χ3v) is 23.5. The van der Waals surface area contributed by atoms with Gasteiger partial charge in [0.05, 0.1) is 8.22 Å². The third-order valence-electron chi connectivity index (χ3n) is 22.2. The first-order valence-electron chi connectivity index (χ1n) is 57.7. The molecule has 0 amide bonds. The first kappa shape index (κ1) is 57.7. The van der Waals surface area contributed by atoms with Gasteiger partial charge in [-0.25, -0.2) is 0 Å². The van der Waals surface area contributed by atoms with Crippen LogP contribution in [0.3, 0.4) is 0 Å². The molecule has 0 bridgehead atoms. The maximum atomic E-state index is 8.63. The highest BCUT2D eigenvalue weighted by Gasteiger charge is 2.37. The summed E-state index contributed by atoms with van der Waals surface area (Å²) < 4.78 is 311. The van der Waals surface area contributed by atoms with Crippen molar-refractivity contribution in [2.45, 2.75) is 189 Å². The Labute approximate surface area is 792 Å². The third kappa shape index (κ3) is 26.0. The molecule has 5 saturated heterocycles. The lowest BCUT2D eigenvalue weighted by molar-refractivity contribution is -0.0119. The van der Waals surface area contributed by atoms with Crippen molar-refractivity contribution in [2.75, 3.05) is 101 Å². The molecule has 0 unspecified atom stereocenters. The molecule has 0 saturated carbocycles. The van der Waals surface area contributed by atoms with Crippen LogP contribution in [-0.4, -0.2) is 155 Å². The Morgan fingerprint density at radius 3 is 0.775 bits per heavy atom. The summed E-state index contributed by atoms with van der Waals surface area (Å²) in [4.78, 5) is 7.82. The highest BCUT2D eigenvalue weighted by atomic mass is 35.5. The van der Waals surface area contributed by atoms with Gasteiger partial charge in [0.1, 0.15) is 28.0 Å². The summed E-state index contributed by atoms with van der Waals surface area (Å²) in [5, 5.41) is 2.20. The Bertz CT molecular complexity index is 6020. The van der Waals surface area contributed by atoms with Crippen molar-refractivity contribution in [1.29, 1.82) is 0 Å². The lowest BCUT2D eigenvalue weighted by Gasteiger charge is -2.32. The number of hydrogen-bond donors (Lipinski definition) is 0. The number of nitrogens with zero attached hydrogens (tertiary/aromatic N) is 5. The molecule has 5 aliphatic rings. The van der Waals surface area contributed by atoms with Crippen molar-refractivity contribution in [1.82, 2.24) is 24.5 Å². The van der Waals surface area contributed by atoms with Gasteiger partial charge in [-0.3, -0.25) is 0 Å². The molecule has 5 heterocycles. The summed E-state index contributed by atoms with van der Waals surface area (Å²) in [7, 11) is 3.69. The van der Waals surface area contributed by atoms with E-state index in [2.05, 4.69) is 4.90 Å². The molecule has 0 radical (unpaired) electrons. The maximum absolute atomic E-state index is 8.63. The smallest absolute Gasteiger partial charge is 0.115 e. The van der Waals surface area contributed by atoms with E-state index in [1.165, 1.54) is 58.3 Å². The highest BCUT2D eigenvalue weighted by molar-refractivity contribution is 6.31. The average molecular weight is 1750 g/mol. The SMILES string of the molecule is [2H]C([2H])(CO[C@@](c1ccccc1)(c1ccc(Cl)cc1)C([2H])([2H])[2H])[C@H]1CCCN1C([2H])([2H])[2H].[2H]C([2H])(C[C@H]1CCCN1C([2H])([2H])[2H])O[C@@](c1ccccc1)(c1ccc(Cl)cc1)C([2H])([2H])[2H].[2H]C([2H])(C[C@H]1CCCN1C)O[C@@](c1ccccc1)(c1ccc(Cl)cc1)C([2H])([2H])[2H].[2H]C([2H])(O[C@@](c1ccccc1)(c1ccc(Cl)cc1)C([2H])([2H])[2H])C([2H])([2H])[C@H]1CCCN1C.[2H]C([2H])([2H])N1CCC[C@@H]1CCO[C@@](c1ccccc1)(c1ccc(Cl)cc1)C([2H])([2H])[2H]. The number of halogens is 5. The molecule has 0 aliphatic carbocycles. The first-order valence-corrected chi connectivity index (χ1v) is 42.5. The monoisotopic (exact) mass is 1750 g/mol. The molecular weight excluding hydrogens is 1590 g/mol. The molecule has 10 nitrogen and oxygen atoms in total. The van der Waals surface area contributed by atoms with Crippen LogP contribution in [0, 0.1) is 0 Å². The van der Waals surface area contributed by atoms with Crippen LogP contribution in [0.15, 0.2) is 273 Å². The van der Waals surface area contributed by atoms with Crippen LogP contribution in [0.4, 0.5) is 0 Å². The molecule has 15 rings (SSSR count). The second kappa shape index (κ2) is 46.3. The predicted molar refractivity (Wildman–Crippen MR) is 503 cm³/mol. The van der Waals surface area contributed by atoms with Crippen molar-refractivity contribution >= 4 is 58.0 Å². The molecule has 5 fully saturated rings. The number of rotatable bonds is 30. The number of likely N-dealkylation sites (tertiary alicyclic amines) is 5. The fourth-order valence-electron chi connectivity index (χ4n) is 15.1. The Balaban J connectivity index is 0.000000182. The molecule has 5 aliphatic heterocycles. The lowest BCUT2D eigenvalue weighted by atomic mass is 9.88. The highest BCUT2D eigenvalue weighted by Crippen LogP contribution is 2.41. The molecule has 0 spiro atoms. The lowest BCUT2D eigenvalue weighted by Crippen LogP contribution is -2.31. The second-order valence-electron chi connectivity index (χ2n) is 30.4. The standard InChI is InChI=1S/5C21H26ClNO/c5*1-21(17-7-4-3-5-8-17,18-10-12-19(22)13-11-18)24-16-14-20-9-6-15-23(20)2/h5*3-5,7-8,10-13,20H,6,9,14-16H2,1-2H3/t5*20-,21+/m11111/s1/i1D3,14D2,16D2;1D3,2D3,16D2;1D3,2D3,14D2;1D3,16D2;1D3,2D3. The van der Waals surface area contributed by atoms with Gasteiger partial charge in [0.2, 0.25) is 0 Å². The average Bonchev–Trinajstić information content (AvgIpc) is 1.38. The topological polar surface area (TPSA) is 62.4 Å². The van der Waals surface area contributed by atoms with E-state index in [-0.39, 0.29) is 60.3 Å². The van der Waals surface area contributed by atoms with E-state index in [9.17, 15) is 0 Å². The van der Waals surface area contributed by atoms with Gasteiger partial charge in [0, 0.05) is 127 Å². The summed E-state index contributed by atoms with van der Waals surface area (Å²) in [5.74, 6) is 0. The van der Waals surface area contributed by atoms with Gasteiger partial charge in [0.25, 0.3) is 0 Å². The van der Waals surface area contributed by atoms with E-state index in [0.29, 0.717) is 117 Å². The molecular formula is C105H130Cl5N5O5. The van der Waals surface area contributed by atoms with Crippen LogP contribution in [-0.2, 0) is 51.7 Å². The minimum absolute atomic E-state index is 0.0142. The molecule has 0 aromatic heterocycles. The zero-order valence-electron chi connectivity index (χ0n) is 102. The number of hydrogen-bond acceptors (Lipinski definition) is 10. The molecule has 640 valence electrons. The molecule has 10 aromatic carbocycles. The Hall–Kier alpha value is -6.75. The van der Waals surface area contributed by atoms with Gasteiger partial charge >= 0.3 is 0 Å². The van der Waals surface area contributed by atoms with Gasteiger partial charge in [-0.15, -0.1) is 0 Å². The minimum Gasteiger partial charge on any atom is -0.366 e. The Kier molecular flexibility index (Phi) is 22.3. The second-order valence-corrected chi connectivity index (χ2v) is 32.6. The van der Waals surface area contributed by atoms with Crippen LogP contribution in [0.25, 0.3) is 0 Å². The fraction of sp³-hybridized carbons (Fsp3) is 0.429. The maximum Gasteiger partial charge on any atom is 0.115 e. The van der Waals surface area contributed by atoms with E-state index in [1.54, 1.807) is 230 Å².